The smallest absolute Gasteiger partial charge is 0.379 e. The largest absolute Gasteiger partial charge is 0.417 e. The number of halogens is 3. The maximum atomic E-state index is 14.2. The summed E-state index contributed by atoms with van der Waals surface area (Å²) in [4.78, 5) is 36.4. The molecule has 0 aliphatic carbocycles. The molecule has 2 aliphatic heterocycles. The molecule has 2 amide bonds. The van der Waals surface area contributed by atoms with Crippen LogP contribution in [0.5, 0.6) is 0 Å². The van der Waals surface area contributed by atoms with E-state index in [1.807, 2.05) is 27.7 Å². The molecule has 2 aromatic rings. The van der Waals surface area contributed by atoms with Crippen molar-refractivity contribution in [1.29, 1.82) is 0 Å². The Morgan fingerprint density at radius 3 is 2.56 bits per heavy atom. The molecular weight excluding hydrogens is 495 g/mol. The van der Waals surface area contributed by atoms with Crippen LogP contribution < -0.4 is 10.6 Å². The first-order chi connectivity index (χ1) is 16.8. The van der Waals surface area contributed by atoms with Crippen molar-refractivity contribution in [3.05, 3.63) is 28.5 Å². The molecule has 12 heteroatoms. The summed E-state index contributed by atoms with van der Waals surface area (Å²) in [5.74, 6) is -0.972. The fraction of sp³-hybridized carbons (Fsp3) is 0.583. The van der Waals surface area contributed by atoms with Gasteiger partial charge in [-0.1, -0.05) is 0 Å². The van der Waals surface area contributed by atoms with Crippen molar-refractivity contribution in [2.24, 2.45) is 0 Å². The van der Waals surface area contributed by atoms with Gasteiger partial charge in [-0.3, -0.25) is 9.59 Å². The van der Waals surface area contributed by atoms with Crippen molar-refractivity contribution in [3.63, 3.8) is 0 Å². The molecule has 2 atom stereocenters. The lowest BCUT2D eigenvalue weighted by Gasteiger charge is -2.23. The van der Waals surface area contributed by atoms with Gasteiger partial charge in [0, 0.05) is 36.5 Å². The zero-order valence-electron chi connectivity index (χ0n) is 20.7. The normalized spacial score (nSPS) is 20.6. The van der Waals surface area contributed by atoms with Crippen LogP contribution in [-0.2, 0) is 10.9 Å². The molecule has 4 rings (SSSR count). The van der Waals surface area contributed by atoms with E-state index < -0.39 is 29.1 Å². The Morgan fingerprint density at radius 2 is 1.97 bits per heavy atom. The van der Waals surface area contributed by atoms with Gasteiger partial charge in [-0.15, -0.1) is 11.3 Å². The van der Waals surface area contributed by atoms with Crippen molar-refractivity contribution in [2.45, 2.75) is 70.8 Å². The molecule has 2 aliphatic rings. The van der Waals surface area contributed by atoms with Gasteiger partial charge < -0.3 is 20.3 Å². The van der Waals surface area contributed by atoms with Crippen molar-refractivity contribution in [3.8, 4) is 10.4 Å². The van der Waals surface area contributed by atoms with Crippen LogP contribution in [0, 0.1) is 0 Å². The van der Waals surface area contributed by atoms with Crippen LogP contribution in [0.1, 0.15) is 72.8 Å². The lowest BCUT2D eigenvalue weighted by atomic mass is 10.1. The summed E-state index contributed by atoms with van der Waals surface area (Å²) < 4.78 is 47.9. The van der Waals surface area contributed by atoms with Crippen molar-refractivity contribution in [2.75, 3.05) is 25.1 Å². The summed E-state index contributed by atoms with van der Waals surface area (Å²) in [7, 11) is 0. The molecule has 36 heavy (non-hydrogen) atoms. The Bertz CT molecular complexity index is 1140. The summed E-state index contributed by atoms with van der Waals surface area (Å²) in [6, 6.07) is 0.652. The van der Waals surface area contributed by atoms with E-state index in [4.69, 9.17) is 4.74 Å². The molecule has 2 aromatic heterocycles. The third-order valence-corrected chi connectivity index (χ3v) is 7.15. The number of carbonyl (C=O) groups excluding carboxylic acids is 2. The highest BCUT2D eigenvalue weighted by Gasteiger charge is 2.38. The van der Waals surface area contributed by atoms with Gasteiger partial charge in [0.25, 0.3) is 11.8 Å². The standard InChI is InChI=1S/C24H30F3N5O3S/c1-13-6-5-8-32(13)22(34)18-19(36-21(30-18)20(33)29-14-7-9-35-12-14)15-11-28-17(31-23(2,3)4)10-16(15)24(25,26)27/h10-11,13-14H,5-9,12H2,1-4H3,(H,28,31)(H,29,33)/t13-,14?/m0/s1. The third kappa shape index (κ3) is 5.80. The summed E-state index contributed by atoms with van der Waals surface area (Å²) >= 11 is 0.770. The Kier molecular flexibility index (Phi) is 7.29. The van der Waals surface area contributed by atoms with Crippen molar-refractivity contribution >= 4 is 29.0 Å². The summed E-state index contributed by atoms with van der Waals surface area (Å²) in [5.41, 5.74) is -1.90. The highest BCUT2D eigenvalue weighted by molar-refractivity contribution is 7.17. The summed E-state index contributed by atoms with van der Waals surface area (Å²) in [6.07, 6.45) is -1.40. The quantitative estimate of drug-likeness (QED) is 0.594. The molecule has 2 fully saturated rings. The second-order valence-electron chi connectivity index (χ2n) is 10.2. The second kappa shape index (κ2) is 9.97. The maximum absolute atomic E-state index is 14.2. The fourth-order valence-electron chi connectivity index (χ4n) is 4.33. The molecule has 0 bridgehead atoms. The SMILES string of the molecule is C[C@H]1CCCN1C(=O)c1nc(C(=O)NC2CCOC2)sc1-c1cnc(NC(C)(C)C)cc1C(F)(F)F. The molecule has 4 heterocycles. The van der Waals surface area contributed by atoms with E-state index >= 15 is 0 Å². The van der Waals surface area contributed by atoms with Crippen LogP contribution >= 0.6 is 11.3 Å². The third-order valence-electron chi connectivity index (χ3n) is 6.06. The number of thiazole rings is 1. The number of hydrogen-bond acceptors (Lipinski definition) is 7. The van der Waals surface area contributed by atoms with Crippen LogP contribution in [0.2, 0.25) is 0 Å². The molecule has 2 N–H and O–H groups in total. The molecule has 2 saturated heterocycles. The summed E-state index contributed by atoms with van der Waals surface area (Å²) in [5, 5.41) is 5.67. The molecule has 0 spiro atoms. The molecule has 8 nitrogen and oxygen atoms in total. The van der Waals surface area contributed by atoms with E-state index in [0.717, 1.165) is 36.4 Å². The van der Waals surface area contributed by atoms with E-state index in [0.29, 0.717) is 26.2 Å². The van der Waals surface area contributed by atoms with Gasteiger partial charge in [-0.05, 0) is 53.0 Å². The fourth-order valence-corrected chi connectivity index (χ4v) is 5.32. The molecule has 0 radical (unpaired) electrons. The topological polar surface area (TPSA) is 96.5 Å². The molecule has 0 aromatic carbocycles. The number of hydrogen-bond donors (Lipinski definition) is 2. The van der Waals surface area contributed by atoms with Crippen LogP contribution in [0.25, 0.3) is 10.4 Å². The van der Waals surface area contributed by atoms with Gasteiger partial charge in [-0.25, -0.2) is 9.97 Å². The van der Waals surface area contributed by atoms with Gasteiger partial charge in [0.05, 0.1) is 23.1 Å². The van der Waals surface area contributed by atoms with Gasteiger partial charge in [0.1, 0.15) is 11.5 Å². The van der Waals surface area contributed by atoms with Crippen LogP contribution in [0.15, 0.2) is 12.3 Å². The minimum atomic E-state index is -4.72. The Balaban J connectivity index is 1.80. The highest BCUT2D eigenvalue weighted by Crippen LogP contribution is 2.42. The number of ether oxygens (including phenoxy) is 1. The highest BCUT2D eigenvalue weighted by atomic mass is 32.1. The Hall–Kier alpha value is -2.73. The number of anilines is 1. The van der Waals surface area contributed by atoms with E-state index in [1.54, 1.807) is 4.90 Å². The van der Waals surface area contributed by atoms with Gasteiger partial charge in [-0.2, -0.15) is 13.2 Å². The maximum Gasteiger partial charge on any atom is 0.417 e. The average Bonchev–Trinajstić information content (AvgIpc) is 3.52. The van der Waals surface area contributed by atoms with Gasteiger partial charge >= 0.3 is 6.18 Å². The number of likely N-dealkylation sites (tertiary alicyclic amines) is 1. The minimum absolute atomic E-state index is 0.0194. The monoisotopic (exact) mass is 525 g/mol. The molecule has 196 valence electrons. The van der Waals surface area contributed by atoms with Gasteiger partial charge in [0.2, 0.25) is 0 Å². The molecule has 0 saturated carbocycles. The van der Waals surface area contributed by atoms with Crippen molar-refractivity contribution in [1.82, 2.24) is 20.2 Å². The predicted octanol–water partition coefficient (Wildman–Crippen LogP) is 4.58. The van der Waals surface area contributed by atoms with E-state index in [9.17, 15) is 22.8 Å². The minimum Gasteiger partial charge on any atom is -0.379 e. The van der Waals surface area contributed by atoms with Gasteiger partial charge in [0.15, 0.2) is 5.01 Å². The first-order valence-corrected chi connectivity index (χ1v) is 12.7. The lowest BCUT2D eigenvalue weighted by molar-refractivity contribution is -0.137. The predicted molar refractivity (Wildman–Crippen MR) is 130 cm³/mol. The zero-order valence-corrected chi connectivity index (χ0v) is 21.5. The average molecular weight is 526 g/mol. The number of amides is 2. The van der Waals surface area contributed by atoms with Crippen LogP contribution in [0.4, 0.5) is 19.0 Å². The molecule has 1 unspecified atom stereocenters. The van der Waals surface area contributed by atoms with E-state index in [-0.39, 0.29) is 39.0 Å². The number of pyridine rings is 1. The number of aromatic nitrogens is 2. The van der Waals surface area contributed by atoms with Crippen LogP contribution in [0.3, 0.4) is 0 Å². The van der Waals surface area contributed by atoms with E-state index in [2.05, 4.69) is 20.6 Å². The number of nitrogens with zero attached hydrogens (tertiary/aromatic N) is 3. The first kappa shape index (κ1) is 26.3. The summed E-state index contributed by atoms with van der Waals surface area (Å²) in [6.45, 7) is 8.68. The Morgan fingerprint density at radius 1 is 1.22 bits per heavy atom. The van der Waals surface area contributed by atoms with E-state index in [1.165, 1.54) is 0 Å². The number of carbonyl (C=O) groups is 2. The Labute approximate surface area is 211 Å². The number of alkyl halides is 3. The number of rotatable bonds is 5. The number of nitrogens with one attached hydrogen (secondary N) is 2. The van der Waals surface area contributed by atoms with Crippen LogP contribution in [-0.4, -0.2) is 64.1 Å². The van der Waals surface area contributed by atoms with Crippen molar-refractivity contribution < 1.29 is 27.5 Å². The zero-order chi connectivity index (χ0) is 26.3. The lowest BCUT2D eigenvalue weighted by Crippen LogP contribution is -2.35. The second-order valence-corrected chi connectivity index (χ2v) is 11.2. The first-order valence-electron chi connectivity index (χ1n) is 11.9. The molecular formula is C24H30F3N5O3S.